The molecule has 1 fully saturated rings. The first kappa shape index (κ1) is 19.9. The fourth-order valence-electron chi connectivity index (χ4n) is 3.22. The van der Waals surface area contributed by atoms with Gasteiger partial charge in [-0.25, -0.2) is 0 Å². The number of amides is 2. The number of ether oxygens (including phenoxy) is 1. The van der Waals surface area contributed by atoms with Crippen LogP contribution in [0.2, 0.25) is 5.02 Å². The SMILES string of the molecule is Cc1cc(C)cc(N2C[C@H](C(=O)OCC(=O)Nc3ccccc3Cl)CC2=O)c1. The minimum Gasteiger partial charge on any atom is -0.455 e. The Balaban J connectivity index is 1.56. The van der Waals surface area contributed by atoms with Gasteiger partial charge in [-0.05, 0) is 49.2 Å². The molecule has 2 aromatic rings. The molecule has 1 atom stereocenters. The summed E-state index contributed by atoms with van der Waals surface area (Å²) in [5, 5.41) is 2.98. The first-order valence-electron chi connectivity index (χ1n) is 8.93. The maximum atomic E-state index is 12.4. The second-order valence-electron chi connectivity index (χ2n) is 6.89. The number of anilines is 2. The van der Waals surface area contributed by atoms with E-state index in [4.69, 9.17) is 16.3 Å². The number of hydrogen-bond donors (Lipinski definition) is 1. The summed E-state index contributed by atoms with van der Waals surface area (Å²) in [6, 6.07) is 12.6. The third kappa shape index (κ3) is 4.70. The van der Waals surface area contributed by atoms with E-state index >= 15 is 0 Å². The summed E-state index contributed by atoms with van der Waals surface area (Å²) >= 11 is 5.98. The van der Waals surface area contributed by atoms with Crippen LogP contribution in [0.25, 0.3) is 0 Å². The number of para-hydroxylation sites is 1. The van der Waals surface area contributed by atoms with E-state index in [0.717, 1.165) is 16.8 Å². The van der Waals surface area contributed by atoms with Gasteiger partial charge in [-0.2, -0.15) is 0 Å². The Hall–Kier alpha value is -2.86. The third-order valence-electron chi connectivity index (χ3n) is 4.47. The van der Waals surface area contributed by atoms with Gasteiger partial charge in [0.1, 0.15) is 0 Å². The molecule has 0 unspecified atom stereocenters. The molecule has 1 N–H and O–H groups in total. The lowest BCUT2D eigenvalue weighted by atomic mass is 10.1. The molecular weight excluding hydrogens is 380 g/mol. The molecule has 0 radical (unpaired) electrons. The van der Waals surface area contributed by atoms with Crippen LogP contribution >= 0.6 is 11.6 Å². The van der Waals surface area contributed by atoms with Crippen LogP contribution in [-0.4, -0.2) is 30.9 Å². The highest BCUT2D eigenvalue weighted by Crippen LogP contribution is 2.27. The van der Waals surface area contributed by atoms with E-state index in [2.05, 4.69) is 5.32 Å². The van der Waals surface area contributed by atoms with Crippen molar-refractivity contribution >= 4 is 40.8 Å². The number of carbonyl (C=O) groups is 3. The monoisotopic (exact) mass is 400 g/mol. The first-order valence-corrected chi connectivity index (χ1v) is 9.31. The maximum absolute atomic E-state index is 12.4. The predicted molar refractivity (Wildman–Crippen MR) is 107 cm³/mol. The van der Waals surface area contributed by atoms with Crippen LogP contribution in [0, 0.1) is 19.8 Å². The smallest absolute Gasteiger partial charge is 0.311 e. The Labute approximate surface area is 168 Å². The highest BCUT2D eigenvalue weighted by atomic mass is 35.5. The first-order chi connectivity index (χ1) is 13.3. The van der Waals surface area contributed by atoms with Gasteiger partial charge < -0.3 is 15.0 Å². The summed E-state index contributed by atoms with van der Waals surface area (Å²) in [4.78, 5) is 38.2. The molecule has 0 aromatic heterocycles. The van der Waals surface area contributed by atoms with Crippen molar-refractivity contribution in [2.75, 3.05) is 23.4 Å². The standard InChI is InChI=1S/C21H21ClN2O4/c1-13-7-14(2)9-16(8-13)24-11-15(10-20(24)26)21(27)28-12-19(25)23-18-6-4-3-5-17(18)22/h3-9,15H,10-12H2,1-2H3,(H,23,25)/t15-/m1/s1. The van der Waals surface area contributed by atoms with Gasteiger partial charge in [-0.15, -0.1) is 0 Å². The van der Waals surface area contributed by atoms with Gasteiger partial charge in [0.05, 0.1) is 16.6 Å². The van der Waals surface area contributed by atoms with E-state index in [1.54, 1.807) is 29.2 Å². The Morgan fingerprint density at radius 2 is 1.86 bits per heavy atom. The molecule has 1 aliphatic heterocycles. The highest BCUT2D eigenvalue weighted by Gasteiger charge is 2.36. The van der Waals surface area contributed by atoms with Gasteiger partial charge in [0, 0.05) is 18.7 Å². The summed E-state index contributed by atoms with van der Waals surface area (Å²) in [6.45, 7) is 3.73. The second kappa shape index (κ2) is 8.44. The summed E-state index contributed by atoms with van der Waals surface area (Å²) < 4.78 is 5.11. The van der Waals surface area contributed by atoms with Crippen LogP contribution < -0.4 is 10.2 Å². The summed E-state index contributed by atoms with van der Waals surface area (Å²) in [6.07, 6.45) is 0.0674. The molecule has 1 heterocycles. The van der Waals surface area contributed by atoms with E-state index in [-0.39, 0.29) is 18.9 Å². The van der Waals surface area contributed by atoms with Crippen LogP contribution in [0.4, 0.5) is 11.4 Å². The lowest BCUT2D eigenvalue weighted by Crippen LogP contribution is -2.28. The van der Waals surface area contributed by atoms with E-state index in [0.29, 0.717) is 10.7 Å². The van der Waals surface area contributed by atoms with Crippen molar-refractivity contribution in [2.45, 2.75) is 20.3 Å². The van der Waals surface area contributed by atoms with E-state index < -0.39 is 24.4 Å². The van der Waals surface area contributed by atoms with Crippen molar-refractivity contribution in [3.8, 4) is 0 Å². The van der Waals surface area contributed by atoms with Gasteiger partial charge in [0.25, 0.3) is 5.91 Å². The molecule has 1 saturated heterocycles. The molecule has 1 aliphatic rings. The number of nitrogens with one attached hydrogen (secondary N) is 1. The molecule has 0 aliphatic carbocycles. The number of nitrogens with zero attached hydrogens (tertiary/aromatic N) is 1. The molecule has 3 rings (SSSR count). The number of esters is 1. The summed E-state index contributed by atoms with van der Waals surface area (Å²) in [7, 11) is 0. The Kier molecular flexibility index (Phi) is 5.99. The number of rotatable bonds is 5. The summed E-state index contributed by atoms with van der Waals surface area (Å²) in [5.41, 5.74) is 3.31. The van der Waals surface area contributed by atoms with Gasteiger partial charge in [0.15, 0.2) is 6.61 Å². The molecular formula is C21H21ClN2O4. The predicted octanol–water partition coefficient (Wildman–Crippen LogP) is 3.49. The normalized spacial score (nSPS) is 16.2. The Bertz CT molecular complexity index is 908. The lowest BCUT2D eigenvalue weighted by molar-refractivity contribution is -0.151. The number of halogens is 1. The van der Waals surface area contributed by atoms with Crippen LogP contribution in [0.5, 0.6) is 0 Å². The molecule has 7 heteroatoms. The lowest BCUT2D eigenvalue weighted by Gasteiger charge is -2.18. The zero-order valence-corrected chi connectivity index (χ0v) is 16.5. The summed E-state index contributed by atoms with van der Waals surface area (Å²) in [5.74, 6) is -1.78. The van der Waals surface area contributed by atoms with Gasteiger partial charge >= 0.3 is 5.97 Å². The third-order valence-corrected chi connectivity index (χ3v) is 4.80. The Morgan fingerprint density at radius 3 is 2.54 bits per heavy atom. The largest absolute Gasteiger partial charge is 0.455 e. The fraction of sp³-hybridized carbons (Fsp3) is 0.286. The molecule has 146 valence electrons. The van der Waals surface area contributed by atoms with Crippen LogP contribution in [-0.2, 0) is 19.1 Å². The zero-order chi connectivity index (χ0) is 20.3. The van der Waals surface area contributed by atoms with Crippen molar-refractivity contribution in [2.24, 2.45) is 5.92 Å². The minimum atomic E-state index is -0.596. The van der Waals surface area contributed by atoms with Crippen molar-refractivity contribution < 1.29 is 19.1 Å². The molecule has 0 bridgehead atoms. The van der Waals surface area contributed by atoms with E-state index in [9.17, 15) is 14.4 Å². The molecule has 6 nitrogen and oxygen atoms in total. The molecule has 2 aromatic carbocycles. The number of hydrogen-bond acceptors (Lipinski definition) is 4. The van der Waals surface area contributed by atoms with E-state index in [1.165, 1.54) is 0 Å². The number of benzene rings is 2. The average Bonchev–Trinajstić information content (AvgIpc) is 3.03. The van der Waals surface area contributed by atoms with Crippen molar-refractivity contribution in [1.29, 1.82) is 0 Å². The van der Waals surface area contributed by atoms with Gasteiger partial charge in [-0.3, -0.25) is 14.4 Å². The zero-order valence-electron chi connectivity index (χ0n) is 15.7. The maximum Gasteiger partial charge on any atom is 0.311 e. The van der Waals surface area contributed by atoms with Gasteiger partial charge in [-0.1, -0.05) is 29.8 Å². The number of carbonyl (C=O) groups excluding carboxylic acids is 3. The van der Waals surface area contributed by atoms with Crippen LogP contribution in [0.15, 0.2) is 42.5 Å². The number of aryl methyl sites for hydroxylation is 2. The minimum absolute atomic E-state index is 0.0674. The molecule has 2 amide bonds. The van der Waals surface area contributed by atoms with E-state index in [1.807, 2.05) is 32.0 Å². The molecule has 0 spiro atoms. The average molecular weight is 401 g/mol. The van der Waals surface area contributed by atoms with Gasteiger partial charge in [0.2, 0.25) is 5.91 Å². The molecule has 0 saturated carbocycles. The quantitative estimate of drug-likeness (QED) is 0.779. The van der Waals surface area contributed by atoms with Crippen molar-refractivity contribution in [1.82, 2.24) is 0 Å². The van der Waals surface area contributed by atoms with Crippen LogP contribution in [0.1, 0.15) is 17.5 Å². The fourth-order valence-corrected chi connectivity index (χ4v) is 3.41. The highest BCUT2D eigenvalue weighted by molar-refractivity contribution is 6.33. The Morgan fingerprint density at radius 1 is 1.18 bits per heavy atom. The second-order valence-corrected chi connectivity index (χ2v) is 7.29. The van der Waals surface area contributed by atoms with Crippen LogP contribution in [0.3, 0.4) is 0 Å². The van der Waals surface area contributed by atoms with Crippen molar-refractivity contribution in [3.63, 3.8) is 0 Å². The van der Waals surface area contributed by atoms with Crippen molar-refractivity contribution in [3.05, 3.63) is 58.6 Å². The topological polar surface area (TPSA) is 75.7 Å². The molecule has 28 heavy (non-hydrogen) atoms.